The molecule has 1 rings (SSSR count). The van der Waals surface area contributed by atoms with E-state index in [1.165, 1.54) is 13.0 Å². The maximum Gasteiger partial charge on any atom is 0.310 e. The van der Waals surface area contributed by atoms with E-state index in [0.717, 1.165) is 12.1 Å². The lowest BCUT2D eigenvalue weighted by atomic mass is 9.99. The second kappa shape index (κ2) is 4.52. The number of benzene rings is 1. The fourth-order valence-corrected chi connectivity index (χ4v) is 1.22. The fraction of sp³-hybridized carbons (Fsp3) is 0.200. The number of non-ortho nitro benzene ring substituents is 1. The molecule has 84 valence electrons. The molecule has 0 aliphatic heterocycles. The van der Waals surface area contributed by atoms with Crippen LogP contribution in [0.15, 0.2) is 18.2 Å². The van der Waals surface area contributed by atoms with Crippen molar-refractivity contribution in [3.05, 3.63) is 39.4 Å². The van der Waals surface area contributed by atoms with Crippen LogP contribution in [0.25, 0.3) is 0 Å². The van der Waals surface area contributed by atoms with Crippen molar-refractivity contribution in [1.82, 2.24) is 0 Å². The highest BCUT2D eigenvalue weighted by atomic mass is 16.6. The van der Waals surface area contributed by atoms with Gasteiger partial charge in [0.1, 0.15) is 6.29 Å². The number of aldehydes is 1. The van der Waals surface area contributed by atoms with Crippen LogP contribution in [0.5, 0.6) is 0 Å². The van der Waals surface area contributed by atoms with Gasteiger partial charge in [-0.05, 0) is 18.6 Å². The quantitative estimate of drug-likeness (QED) is 0.475. The van der Waals surface area contributed by atoms with E-state index >= 15 is 0 Å². The summed E-state index contributed by atoms with van der Waals surface area (Å²) in [7, 11) is 0. The zero-order valence-corrected chi connectivity index (χ0v) is 8.41. The molecule has 0 bridgehead atoms. The third-order valence-electron chi connectivity index (χ3n) is 2.18. The average molecular weight is 223 g/mol. The Morgan fingerprint density at radius 3 is 2.56 bits per heavy atom. The number of nitro benzene ring substituents is 1. The predicted molar refractivity (Wildman–Crippen MR) is 54.5 cm³/mol. The number of aliphatic carboxylic acids is 1. The summed E-state index contributed by atoms with van der Waals surface area (Å²) in [6, 6.07) is 3.59. The first-order chi connectivity index (χ1) is 7.45. The van der Waals surface area contributed by atoms with Crippen LogP contribution in [0.2, 0.25) is 0 Å². The fourth-order valence-electron chi connectivity index (χ4n) is 1.22. The first-order valence-electron chi connectivity index (χ1n) is 4.43. The highest BCUT2D eigenvalue weighted by Gasteiger charge is 2.18. The van der Waals surface area contributed by atoms with E-state index < -0.39 is 16.8 Å². The smallest absolute Gasteiger partial charge is 0.310 e. The third-order valence-corrected chi connectivity index (χ3v) is 2.18. The van der Waals surface area contributed by atoms with Crippen molar-refractivity contribution < 1.29 is 19.6 Å². The number of carbonyl (C=O) groups is 2. The molecule has 0 heterocycles. The van der Waals surface area contributed by atoms with E-state index in [1.807, 2.05) is 0 Å². The SMILES string of the molecule is CC(C(=O)O)c1cc(C=O)cc([N+](=O)[O-])c1. The normalized spacial score (nSPS) is 11.8. The maximum absolute atomic E-state index is 10.7. The van der Waals surface area contributed by atoms with Gasteiger partial charge in [0.2, 0.25) is 0 Å². The number of carboxylic acids is 1. The molecule has 0 aliphatic carbocycles. The standard InChI is InChI=1S/C10H9NO5/c1-6(10(13)14)8-2-7(5-12)3-9(4-8)11(15)16/h2-6H,1H3,(H,13,14). The van der Waals surface area contributed by atoms with Crippen LogP contribution in [-0.2, 0) is 4.79 Å². The van der Waals surface area contributed by atoms with Crippen molar-refractivity contribution in [2.75, 3.05) is 0 Å². The molecule has 0 fully saturated rings. The van der Waals surface area contributed by atoms with Crippen molar-refractivity contribution in [3.8, 4) is 0 Å². The van der Waals surface area contributed by atoms with Crippen molar-refractivity contribution >= 4 is 17.9 Å². The van der Waals surface area contributed by atoms with E-state index in [4.69, 9.17) is 5.11 Å². The largest absolute Gasteiger partial charge is 0.481 e. The van der Waals surface area contributed by atoms with Crippen LogP contribution < -0.4 is 0 Å². The van der Waals surface area contributed by atoms with Crippen LogP contribution in [0, 0.1) is 10.1 Å². The second-order valence-electron chi connectivity index (χ2n) is 3.29. The first-order valence-corrected chi connectivity index (χ1v) is 4.43. The predicted octanol–water partition coefficient (Wildman–Crippen LogP) is 1.60. The van der Waals surface area contributed by atoms with Gasteiger partial charge in [0.15, 0.2) is 0 Å². The molecule has 0 radical (unpaired) electrons. The van der Waals surface area contributed by atoms with E-state index in [1.54, 1.807) is 0 Å². The van der Waals surface area contributed by atoms with Crippen LogP contribution in [0.4, 0.5) is 5.69 Å². The molecule has 0 saturated carbocycles. The Balaban J connectivity index is 3.29. The summed E-state index contributed by atoms with van der Waals surface area (Å²) in [4.78, 5) is 31.2. The Bertz CT molecular complexity index is 455. The summed E-state index contributed by atoms with van der Waals surface area (Å²) in [5.74, 6) is -1.99. The molecule has 0 spiro atoms. The second-order valence-corrected chi connectivity index (χ2v) is 3.29. The minimum Gasteiger partial charge on any atom is -0.481 e. The Hall–Kier alpha value is -2.24. The summed E-state index contributed by atoms with van der Waals surface area (Å²) in [6.07, 6.45) is 0.449. The minimum absolute atomic E-state index is 0.0947. The van der Waals surface area contributed by atoms with Gasteiger partial charge in [-0.3, -0.25) is 19.7 Å². The Kier molecular flexibility index (Phi) is 3.34. The van der Waals surface area contributed by atoms with Crippen molar-refractivity contribution in [1.29, 1.82) is 0 Å². The van der Waals surface area contributed by atoms with Crippen LogP contribution in [0.1, 0.15) is 28.8 Å². The Morgan fingerprint density at radius 2 is 2.12 bits per heavy atom. The lowest BCUT2D eigenvalue weighted by molar-refractivity contribution is -0.384. The van der Waals surface area contributed by atoms with Gasteiger partial charge in [0.25, 0.3) is 5.69 Å². The van der Waals surface area contributed by atoms with Crippen molar-refractivity contribution in [2.24, 2.45) is 0 Å². The van der Waals surface area contributed by atoms with Crippen LogP contribution >= 0.6 is 0 Å². The molecule has 1 aromatic carbocycles. The summed E-state index contributed by atoms with van der Waals surface area (Å²) >= 11 is 0. The molecule has 1 aromatic rings. The van der Waals surface area contributed by atoms with E-state index in [2.05, 4.69) is 0 Å². The first kappa shape index (κ1) is 11.8. The highest BCUT2D eigenvalue weighted by molar-refractivity contribution is 5.80. The molecular formula is C10H9NO5. The Labute approximate surface area is 90.7 Å². The number of carbonyl (C=O) groups excluding carboxylic acids is 1. The summed E-state index contributed by atoms with van der Waals surface area (Å²) in [6.45, 7) is 1.40. The van der Waals surface area contributed by atoms with Crippen LogP contribution in [0.3, 0.4) is 0 Å². The number of carboxylic acid groups (broad SMARTS) is 1. The molecule has 16 heavy (non-hydrogen) atoms. The number of rotatable bonds is 4. The molecule has 0 amide bonds. The van der Waals surface area contributed by atoms with E-state index in [9.17, 15) is 19.7 Å². The lowest BCUT2D eigenvalue weighted by Crippen LogP contribution is -2.08. The minimum atomic E-state index is -1.10. The van der Waals surface area contributed by atoms with Gasteiger partial charge in [0.05, 0.1) is 10.8 Å². The van der Waals surface area contributed by atoms with Crippen molar-refractivity contribution in [3.63, 3.8) is 0 Å². The zero-order valence-electron chi connectivity index (χ0n) is 8.41. The van der Waals surface area contributed by atoms with Gasteiger partial charge in [-0.15, -0.1) is 0 Å². The highest BCUT2D eigenvalue weighted by Crippen LogP contribution is 2.22. The van der Waals surface area contributed by atoms with E-state index in [-0.39, 0.29) is 16.8 Å². The van der Waals surface area contributed by atoms with Gasteiger partial charge in [-0.2, -0.15) is 0 Å². The maximum atomic E-state index is 10.7. The topological polar surface area (TPSA) is 97.5 Å². The summed E-state index contributed by atoms with van der Waals surface area (Å²) < 4.78 is 0. The van der Waals surface area contributed by atoms with Gasteiger partial charge in [-0.1, -0.05) is 0 Å². The van der Waals surface area contributed by atoms with E-state index in [0.29, 0.717) is 6.29 Å². The molecule has 1 atom stereocenters. The monoisotopic (exact) mass is 223 g/mol. The molecule has 1 N–H and O–H groups in total. The number of hydrogen-bond donors (Lipinski definition) is 1. The number of hydrogen-bond acceptors (Lipinski definition) is 4. The molecule has 0 aliphatic rings. The number of nitrogens with zero attached hydrogens (tertiary/aromatic N) is 1. The molecule has 6 heteroatoms. The zero-order chi connectivity index (χ0) is 12.3. The molecule has 0 saturated heterocycles. The van der Waals surface area contributed by atoms with Gasteiger partial charge in [0, 0.05) is 17.7 Å². The van der Waals surface area contributed by atoms with Crippen molar-refractivity contribution in [2.45, 2.75) is 12.8 Å². The lowest BCUT2D eigenvalue weighted by Gasteiger charge is -2.06. The molecule has 0 aromatic heterocycles. The van der Waals surface area contributed by atoms with Crippen LogP contribution in [-0.4, -0.2) is 22.3 Å². The third kappa shape index (κ3) is 2.41. The summed E-state index contributed by atoms with van der Waals surface area (Å²) in [5.41, 5.74) is 0.0498. The average Bonchev–Trinajstić information content (AvgIpc) is 2.27. The van der Waals surface area contributed by atoms with Gasteiger partial charge < -0.3 is 5.11 Å². The summed E-state index contributed by atoms with van der Waals surface area (Å²) in [5, 5.41) is 19.3. The number of nitro groups is 1. The molecule has 1 unspecified atom stereocenters. The van der Waals surface area contributed by atoms with Gasteiger partial charge in [-0.25, -0.2) is 0 Å². The van der Waals surface area contributed by atoms with Gasteiger partial charge >= 0.3 is 5.97 Å². The molecule has 6 nitrogen and oxygen atoms in total. The molecular weight excluding hydrogens is 214 g/mol. The Morgan fingerprint density at radius 1 is 1.50 bits per heavy atom.